The van der Waals surface area contributed by atoms with E-state index >= 15 is 0 Å². The number of hydrogen-bond donors (Lipinski definition) is 8. The number of aliphatic hydroxyl groups excluding tert-OH is 1. The number of nitrogens with zero attached hydrogens (tertiary/aromatic N) is 1. The fraction of sp³-hybridized carbons (Fsp3) is 0.628. The molecular formula is C43H66N8O12. The standard InChI is InChI=1S/C43H66N8O12/c1-25(2)30-19-37(57)51(43(30)62)17-13-9-12-16-34(54)50-38(27(5)6)42(61)47-28(7)39(58)49-32(22-52)41(60)45-21-36(56)48-31(18-29-14-10-8-11-15-29)40(59)44-20-35(55)46-24-63-23-33(53)26(3)4/h8,10-11,14-15,25-28,30-32,38,52H,9,12-13,16-24H2,1-7H3,(H,44,59)(H,45,60)(H,46,55)(H,47,61)(H,48,56)(H,49,58)(H,50,54)/t28-,30?,31-,32-,38-/m0/s1. The fourth-order valence-electron chi connectivity index (χ4n) is 6.23. The van der Waals surface area contributed by atoms with Crippen molar-refractivity contribution in [1.82, 2.24) is 42.1 Å². The molecule has 20 heteroatoms. The number of unbranched alkanes of at least 4 members (excludes halogenated alkanes) is 2. The zero-order chi connectivity index (χ0) is 47.2. The van der Waals surface area contributed by atoms with Gasteiger partial charge in [-0.25, -0.2) is 0 Å². The number of hydrogen-bond acceptors (Lipinski definition) is 12. The van der Waals surface area contributed by atoms with Gasteiger partial charge < -0.3 is 47.1 Å². The summed E-state index contributed by atoms with van der Waals surface area (Å²) in [6.45, 7) is 9.87. The lowest BCUT2D eigenvalue weighted by Crippen LogP contribution is -2.58. The largest absolute Gasteiger partial charge is 0.394 e. The summed E-state index contributed by atoms with van der Waals surface area (Å²) in [5.41, 5.74) is 0.681. The maximum atomic E-state index is 13.2. The second kappa shape index (κ2) is 27.3. The Balaban J connectivity index is 1.84. The molecule has 8 N–H and O–H groups in total. The van der Waals surface area contributed by atoms with E-state index in [2.05, 4.69) is 37.2 Å². The number of ketones is 1. The van der Waals surface area contributed by atoms with Crippen molar-refractivity contribution in [2.24, 2.45) is 23.7 Å². The van der Waals surface area contributed by atoms with Crippen LogP contribution in [0.4, 0.5) is 0 Å². The molecule has 20 nitrogen and oxygen atoms in total. The highest BCUT2D eigenvalue weighted by atomic mass is 16.5. The van der Waals surface area contributed by atoms with Crippen LogP contribution in [0.1, 0.15) is 86.1 Å². The van der Waals surface area contributed by atoms with Crippen molar-refractivity contribution in [1.29, 1.82) is 0 Å². The van der Waals surface area contributed by atoms with E-state index in [1.54, 1.807) is 58.0 Å². The van der Waals surface area contributed by atoms with Gasteiger partial charge in [0, 0.05) is 37.6 Å². The average Bonchev–Trinajstić information content (AvgIpc) is 3.53. The molecule has 1 heterocycles. The Morgan fingerprint density at radius 3 is 1.94 bits per heavy atom. The summed E-state index contributed by atoms with van der Waals surface area (Å²) in [5.74, 6) is -6.27. The number of nitrogens with one attached hydrogen (secondary N) is 7. The molecule has 1 aliphatic rings. The molecule has 0 bridgehead atoms. The first-order valence-corrected chi connectivity index (χ1v) is 21.4. The smallest absolute Gasteiger partial charge is 0.245 e. The average molecular weight is 887 g/mol. The lowest BCUT2D eigenvalue weighted by molar-refractivity contribution is -0.140. The van der Waals surface area contributed by atoms with Gasteiger partial charge in [0.05, 0.1) is 19.7 Å². The third kappa shape index (κ3) is 19.0. The zero-order valence-corrected chi connectivity index (χ0v) is 37.4. The Bertz CT molecular complexity index is 1760. The van der Waals surface area contributed by atoms with Gasteiger partial charge in [0.2, 0.25) is 53.2 Å². The molecule has 5 atom stereocenters. The number of carbonyl (C=O) groups excluding carboxylic acids is 10. The van der Waals surface area contributed by atoms with Crippen LogP contribution >= 0.6 is 0 Å². The van der Waals surface area contributed by atoms with E-state index in [1.165, 1.54) is 11.8 Å². The number of carbonyl (C=O) groups is 10. The van der Waals surface area contributed by atoms with Crippen LogP contribution in [0.5, 0.6) is 0 Å². The SMILES string of the molecule is CC(C)C(=O)COCNC(=O)CNC(=O)[C@H](Cc1ccccc1)NC(=O)CNC(=O)[C@H](CO)NC(=O)[C@H](C)NC(=O)[C@@H](NC(=O)CCCCCN1C(=O)CC(C(C)C)C1=O)C(C)C. The first-order chi connectivity index (χ1) is 29.7. The normalized spacial score (nSPS) is 15.6. The van der Waals surface area contributed by atoms with Gasteiger partial charge in [-0.05, 0) is 37.2 Å². The van der Waals surface area contributed by atoms with Crippen LogP contribution in [0.15, 0.2) is 30.3 Å². The summed E-state index contributed by atoms with van der Waals surface area (Å²) in [5, 5.41) is 27.1. The van der Waals surface area contributed by atoms with Crippen molar-refractivity contribution in [3.05, 3.63) is 35.9 Å². The highest BCUT2D eigenvalue weighted by Gasteiger charge is 2.39. The van der Waals surface area contributed by atoms with Crippen molar-refractivity contribution in [3.8, 4) is 0 Å². The highest BCUT2D eigenvalue weighted by molar-refractivity contribution is 6.03. The van der Waals surface area contributed by atoms with Gasteiger partial charge in [0.1, 0.15) is 37.5 Å². The molecule has 1 aromatic rings. The lowest BCUT2D eigenvalue weighted by atomic mass is 9.94. The van der Waals surface area contributed by atoms with Crippen molar-refractivity contribution >= 4 is 58.9 Å². The van der Waals surface area contributed by atoms with Gasteiger partial charge in [-0.3, -0.25) is 52.8 Å². The van der Waals surface area contributed by atoms with Crippen molar-refractivity contribution < 1.29 is 57.8 Å². The molecule has 2 rings (SSSR count). The van der Waals surface area contributed by atoms with Crippen molar-refractivity contribution in [2.75, 3.05) is 39.6 Å². The molecule has 1 aliphatic heterocycles. The molecule has 9 amide bonds. The number of likely N-dealkylation sites (tertiary alicyclic amines) is 1. The number of imide groups is 1. The number of amides is 9. The van der Waals surface area contributed by atoms with Gasteiger partial charge in [-0.2, -0.15) is 0 Å². The molecule has 0 radical (unpaired) electrons. The molecule has 1 saturated heterocycles. The van der Waals surface area contributed by atoms with Crippen LogP contribution in [0.3, 0.4) is 0 Å². The summed E-state index contributed by atoms with van der Waals surface area (Å²) < 4.78 is 5.13. The van der Waals surface area contributed by atoms with Crippen LogP contribution in [0.2, 0.25) is 0 Å². The van der Waals surface area contributed by atoms with Gasteiger partial charge >= 0.3 is 0 Å². The molecule has 1 unspecified atom stereocenters. The van der Waals surface area contributed by atoms with Gasteiger partial charge in [0.25, 0.3) is 0 Å². The fourth-order valence-corrected chi connectivity index (χ4v) is 6.23. The highest BCUT2D eigenvalue weighted by Crippen LogP contribution is 2.26. The molecule has 0 aliphatic carbocycles. The van der Waals surface area contributed by atoms with Gasteiger partial charge in [-0.15, -0.1) is 0 Å². The Morgan fingerprint density at radius 2 is 1.35 bits per heavy atom. The van der Waals surface area contributed by atoms with E-state index in [0.717, 1.165) is 0 Å². The second-order valence-corrected chi connectivity index (χ2v) is 16.5. The van der Waals surface area contributed by atoms with Crippen LogP contribution < -0.4 is 37.2 Å². The molecule has 63 heavy (non-hydrogen) atoms. The molecule has 0 saturated carbocycles. The number of ether oxygens (including phenoxy) is 1. The molecule has 0 aromatic heterocycles. The van der Waals surface area contributed by atoms with Crippen molar-refractivity contribution in [2.45, 2.75) is 111 Å². The number of Topliss-reactive ketones (excluding diaryl/α,β-unsaturated/α-hetero) is 1. The first kappa shape index (κ1) is 53.4. The predicted octanol–water partition coefficient (Wildman–Crippen LogP) is -1.02. The summed E-state index contributed by atoms with van der Waals surface area (Å²) in [6.07, 6.45) is 1.91. The molecular weight excluding hydrogens is 821 g/mol. The van der Waals surface area contributed by atoms with Gasteiger partial charge in [0.15, 0.2) is 5.78 Å². The molecule has 1 aromatic carbocycles. The van der Waals surface area contributed by atoms with E-state index in [4.69, 9.17) is 4.74 Å². The number of aliphatic hydroxyl groups is 1. The van der Waals surface area contributed by atoms with Crippen LogP contribution in [-0.4, -0.2) is 133 Å². The number of rotatable bonds is 28. The topological polar surface area (TPSA) is 288 Å². The minimum absolute atomic E-state index is 0.0286. The first-order valence-electron chi connectivity index (χ1n) is 21.4. The Morgan fingerprint density at radius 1 is 0.714 bits per heavy atom. The quantitative estimate of drug-likeness (QED) is 0.0285. The van der Waals surface area contributed by atoms with Crippen LogP contribution in [-0.2, 0) is 59.1 Å². The Labute approximate surface area is 368 Å². The lowest BCUT2D eigenvalue weighted by Gasteiger charge is -2.25. The summed E-state index contributed by atoms with van der Waals surface area (Å²) >= 11 is 0. The van der Waals surface area contributed by atoms with E-state index in [9.17, 15) is 53.1 Å². The third-order valence-corrected chi connectivity index (χ3v) is 10.2. The van der Waals surface area contributed by atoms with Crippen molar-refractivity contribution in [3.63, 3.8) is 0 Å². The number of benzene rings is 1. The van der Waals surface area contributed by atoms with Crippen LogP contribution in [0, 0.1) is 23.7 Å². The van der Waals surface area contributed by atoms with E-state index in [-0.39, 0.29) is 80.4 Å². The molecule has 350 valence electrons. The molecule has 1 fully saturated rings. The second-order valence-electron chi connectivity index (χ2n) is 16.5. The third-order valence-electron chi connectivity index (χ3n) is 10.2. The summed E-state index contributed by atoms with van der Waals surface area (Å²) in [7, 11) is 0. The van der Waals surface area contributed by atoms with E-state index in [1.807, 2.05) is 13.8 Å². The maximum Gasteiger partial charge on any atom is 0.245 e. The van der Waals surface area contributed by atoms with E-state index in [0.29, 0.717) is 24.8 Å². The minimum atomic E-state index is -1.53. The minimum Gasteiger partial charge on any atom is -0.394 e. The predicted molar refractivity (Wildman–Crippen MR) is 228 cm³/mol. The van der Waals surface area contributed by atoms with E-state index < -0.39 is 85.2 Å². The van der Waals surface area contributed by atoms with Gasteiger partial charge in [-0.1, -0.05) is 78.3 Å². The summed E-state index contributed by atoms with van der Waals surface area (Å²) in [4.78, 5) is 128. The Hall–Kier alpha value is -5.76. The Kier molecular flexibility index (Phi) is 23.2. The summed E-state index contributed by atoms with van der Waals surface area (Å²) in [6, 6.07) is 3.77. The molecule has 0 spiro atoms. The van der Waals surface area contributed by atoms with Crippen LogP contribution in [0.25, 0.3) is 0 Å². The monoisotopic (exact) mass is 886 g/mol. The zero-order valence-electron chi connectivity index (χ0n) is 37.4. The maximum absolute atomic E-state index is 13.2.